The highest BCUT2D eigenvalue weighted by Crippen LogP contribution is 2.33. The van der Waals surface area contributed by atoms with Crippen LogP contribution in [0.1, 0.15) is 33.4 Å². The van der Waals surface area contributed by atoms with Crippen molar-refractivity contribution < 1.29 is 0 Å². The van der Waals surface area contributed by atoms with Gasteiger partial charge in [0.25, 0.3) is 0 Å². The van der Waals surface area contributed by atoms with E-state index in [9.17, 15) is 0 Å². The number of hydrogen-bond donors (Lipinski definition) is 0. The fourth-order valence-electron chi connectivity index (χ4n) is 3.44. The summed E-state index contributed by atoms with van der Waals surface area (Å²) in [5, 5.41) is 4.54. The van der Waals surface area contributed by atoms with Crippen LogP contribution >= 0.6 is 31.9 Å². The summed E-state index contributed by atoms with van der Waals surface area (Å²) in [5.74, 6) is 0. The van der Waals surface area contributed by atoms with E-state index in [2.05, 4.69) is 80.4 Å². The van der Waals surface area contributed by atoms with Crippen molar-refractivity contribution in [2.45, 2.75) is 23.5 Å². The molecule has 1 aliphatic carbocycles. The Kier molecular flexibility index (Phi) is 3.83. The van der Waals surface area contributed by atoms with E-state index >= 15 is 0 Å². The Morgan fingerprint density at radius 3 is 1.45 bits per heavy atom. The molecule has 0 spiro atoms. The van der Waals surface area contributed by atoms with Gasteiger partial charge in [-0.15, -0.1) is 0 Å². The van der Waals surface area contributed by atoms with E-state index < -0.39 is 0 Å². The number of benzene rings is 3. The quantitative estimate of drug-likeness (QED) is 0.345. The van der Waals surface area contributed by atoms with Crippen LogP contribution in [0.2, 0.25) is 0 Å². The summed E-state index contributed by atoms with van der Waals surface area (Å²) in [5.41, 5.74) is 8.75. The molecule has 0 saturated carbocycles. The molecule has 0 aromatic heterocycles. The van der Waals surface area contributed by atoms with Gasteiger partial charge in [-0.1, -0.05) is 80.4 Å². The Labute approximate surface area is 147 Å². The molecule has 0 unspecified atom stereocenters. The van der Waals surface area contributed by atoms with Gasteiger partial charge in [0.05, 0.1) is 0 Å². The molecular formula is C20H16Br2. The van der Waals surface area contributed by atoms with Gasteiger partial charge in [0.1, 0.15) is 0 Å². The fourth-order valence-corrected chi connectivity index (χ4v) is 4.49. The molecule has 0 aliphatic heterocycles. The van der Waals surface area contributed by atoms with Crippen molar-refractivity contribution in [3.05, 3.63) is 81.9 Å². The van der Waals surface area contributed by atoms with E-state index in [1.807, 2.05) is 0 Å². The van der Waals surface area contributed by atoms with Crippen molar-refractivity contribution in [2.24, 2.45) is 0 Å². The van der Waals surface area contributed by atoms with E-state index in [4.69, 9.17) is 0 Å². The average molecular weight is 416 g/mol. The maximum absolute atomic E-state index is 3.62. The first-order chi connectivity index (χ1) is 10.8. The Balaban J connectivity index is 1.84. The highest BCUT2D eigenvalue weighted by molar-refractivity contribution is 9.09. The van der Waals surface area contributed by atoms with Crippen LogP contribution in [0.15, 0.2) is 48.5 Å². The standard InChI is InChI=1S/C20H16Br2/c21-11-19-9-17-7-15-5-13-3-1-2-4-14(13)6-16(15)8-18(17)10-20(19)12-22/h1-6,9-10H,7-8,11-12H2. The first-order valence-corrected chi connectivity index (χ1v) is 9.79. The van der Waals surface area contributed by atoms with Crippen LogP contribution in [0, 0.1) is 0 Å². The van der Waals surface area contributed by atoms with E-state index in [1.54, 1.807) is 0 Å². The molecule has 1 aliphatic rings. The third kappa shape index (κ3) is 2.43. The molecule has 0 heterocycles. The van der Waals surface area contributed by atoms with Gasteiger partial charge < -0.3 is 0 Å². The van der Waals surface area contributed by atoms with Crippen molar-refractivity contribution in [3.63, 3.8) is 0 Å². The fraction of sp³-hybridized carbons (Fsp3) is 0.200. The number of alkyl halides is 2. The first kappa shape index (κ1) is 14.5. The zero-order chi connectivity index (χ0) is 15.1. The van der Waals surface area contributed by atoms with Crippen LogP contribution < -0.4 is 0 Å². The Morgan fingerprint density at radius 1 is 0.636 bits per heavy atom. The summed E-state index contributed by atoms with van der Waals surface area (Å²) in [4.78, 5) is 0. The van der Waals surface area contributed by atoms with Crippen molar-refractivity contribution in [1.29, 1.82) is 0 Å². The molecular weight excluding hydrogens is 400 g/mol. The first-order valence-electron chi connectivity index (χ1n) is 7.54. The topological polar surface area (TPSA) is 0 Å². The summed E-state index contributed by atoms with van der Waals surface area (Å²) in [7, 11) is 0. The second kappa shape index (κ2) is 5.82. The number of halogens is 2. The maximum atomic E-state index is 3.62. The molecule has 4 rings (SSSR count). The van der Waals surface area contributed by atoms with Gasteiger partial charge in [0.2, 0.25) is 0 Å². The highest BCUT2D eigenvalue weighted by atomic mass is 79.9. The molecule has 0 N–H and O–H groups in total. The summed E-state index contributed by atoms with van der Waals surface area (Å²) in [6, 6.07) is 18.2. The molecule has 0 nitrogen and oxygen atoms in total. The van der Waals surface area contributed by atoms with E-state index in [0.717, 1.165) is 23.5 Å². The number of rotatable bonds is 2. The Morgan fingerprint density at radius 2 is 1.05 bits per heavy atom. The predicted octanol–water partition coefficient (Wildman–Crippen LogP) is 6.12. The molecule has 2 heteroatoms. The lowest BCUT2D eigenvalue weighted by Gasteiger charge is -2.22. The average Bonchev–Trinajstić information content (AvgIpc) is 2.56. The van der Waals surface area contributed by atoms with Gasteiger partial charge in [-0.25, -0.2) is 0 Å². The Bertz CT molecular complexity index is 793. The summed E-state index contributed by atoms with van der Waals surface area (Å²) in [6.45, 7) is 0. The second-order valence-electron chi connectivity index (χ2n) is 5.98. The van der Waals surface area contributed by atoms with E-state index in [-0.39, 0.29) is 0 Å². The number of hydrogen-bond acceptors (Lipinski definition) is 0. The minimum atomic E-state index is 0.922. The van der Waals surface area contributed by atoms with Crippen LogP contribution in [0.3, 0.4) is 0 Å². The summed E-state index contributed by atoms with van der Waals surface area (Å²) < 4.78 is 0. The minimum absolute atomic E-state index is 0.922. The Hall–Kier alpha value is -1.12. The smallest absolute Gasteiger partial charge is 0.0286 e. The van der Waals surface area contributed by atoms with Gasteiger partial charge in [0, 0.05) is 10.7 Å². The zero-order valence-electron chi connectivity index (χ0n) is 12.2. The van der Waals surface area contributed by atoms with Crippen LogP contribution in [0.5, 0.6) is 0 Å². The second-order valence-corrected chi connectivity index (χ2v) is 7.10. The van der Waals surface area contributed by atoms with Crippen LogP contribution in [-0.2, 0) is 23.5 Å². The summed E-state index contributed by atoms with van der Waals surface area (Å²) in [6.07, 6.45) is 2.11. The van der Waals surface area contributed by atoms with Gasteiger partial charge in [0.15, 0.2) is 0 Å². The van der Waals surface area contributed by atoms with Gasteiger partial charge >= 0.3 is 0 Å². The van der Waals surface area contributed by atoms with Crippen molar-refractivity contribution in [3.8, 4) is 0 Å². The monoisotopic (exact) mass is 414 g/mol. The molecule has 0 saturated heterocycles. The highest BCUT2D eigenvalue weighted by Gasteiger charge is 2.18. The predicted molar refractivity (Wildman–Crippen MR) is 101 cm³/mol. The van der Waals surface area contributed by atoms with Crippen molar-refractivity contribution in [2.75, 3.05) is 0 Å². The lowest BCUT2D eigenvalue weighted by Crippen LogP contribution is -2.09. The molecule has 110 valence electrons. The van der Waals surface area contributed by atoms with Crippen molar-refractivity contribution >= 4 is 42.6 Å². The lowest BCUT2D eigenvalue weighted by atomic mass is 9.83. The molecule has 0 bridgehead atoms. The minimum Gasteiger partial charge on any atom is -0.0876 e. The van der Waals surface area contributed by atoms with Gasteiger partial charge in [-0.05, 0) is 57.0 Å². The molecule has 0 amide bonds. The zero-order valence-corrected chi connectivity index (χ0v) is 15.4. The number of fused-ring (bicyclic) bond motifs is 3. The van der Waals surface area contributed by atoms with Gasteiger partial charge in [-0.2, -0.15) is 0 Å². The SMILES string of the molecule is BrCc1cc2c(cc1CBr)Cc1cc3ccccc3cc1C2. The normalized spacial score (nSPS) is 13.0. The maximum Gasteiger partial charge on any atom is 0.0286 e. The van der Waals surface area contributed by atoms with Crippen LogP contribution in [0.4, 0.5) is 0 Å². The van der Waals surface area contributed by atoms with Crippen LogP contribution in [0.25, 0.3) is 10.8 Å². The van der Waals surface area contributed by atoms with Gasteiger partial charge in [-0.3, -0.25) is 0 Å². The molecule has 22 heavy (non-hydrogen) atoms. The molecule has 0 radical (unpaired) electrons. The van der Waals surface area contributed by atoms with E-state index in [1.165, 1.54) is 44.2 Å². The largest absolute Gasteiger partial charge is 0.0876 e. The molecule has 0 fully saturated rings. The van der Waals surface area contributed by atoms with E-state index in [0.29, 0.717) is 0 Å². The third-order valence-electron chi connectivity index (χ3n) is 4.64. The molecule has 0 atom stereocenters. The van der Waals surface area contributed by atoms with Crippen LogP contribution in [-0.4, -0.2) is 0 Å². The lowest BCUT2D eigenvalue weighted by molar-refractivity contribution is 0.994. The summed E-state index contributed by atoms with van der Waals surface area (Å²) >= 11 is 7.24. The molecule has 3 aromatic carbocycles. The molecule has 3 aromatic rings. The third-order valence-corrected chi connectivity index (χ3v) is 5.85. The van der Waals surface area contributed by atoms with Crippen molar-refractivity contribution in [1.82, 2.24) is 0 Å².